The fourth-order valence-electron chi connectivity index (χ4n) is 3.39. The fourth-order valence-corrected chi connectivity index (χ4v) is 3.39. The molecule has 3 aromatic rings. The predicted molar refractivity (Wildman–Crippen MR) is 153 cm³/mol. The van der Waals surface area contributed by atoms with E-state index in [0.29, 0.717) is 42.9 Å². The molecule has 0 fully saturated rings. The molecule has 2 amide bonds. The van der Waals surface area contributed by atoms with Crippen LogP contribution in [0, 0.1) is 18.3 Å². The van der Waals surface area contributed by atoms with Gasteiger partial charge in [-0.3, -0.25) is 14.8 Å². The molecule has 1 unspecified atom stereocenters. The molecule has 0 aliphatic heterocycles. The van der Waals surface area contributed by atoms with Gasteiger partial charge in [-0.25, -0.2) is 4.79 Å². The Labute approximate surface area is 233 Å². The molecule has 13 nitrogen and oxygen atoms in total. The minimum atomic E-state index is -0.711. The average Bonchev–Trinajstić information content (AvgIpc) is 3.30. The van der Waals surface area contributed by atoms with E-state index in [2.05, 4.69) is 47.5 Å². The molecule has 0 bridgehead atoms. The number of nitriles is 1. The van der Waals surface area contributed by atoms with Crippen LogP contribution in [0.25, 0.3) is 0 Å². The van der Waals surface area contributed by atoms with Gasteiger partial charge in [-0.1, -0.05) is 12.1 Å². The molecule has 0 saturated heterocycles. The Bertz CT molecular complexity index is 1340. The number of rotatable bonds is 11. The molecule has 0 spiro atoms. The molecule has 0 radical (unpaired) electrons. The van der Waals surface area contributed by atoms with Crippen molar-refractivity contribution in [1.82, 2.24) is 30.4 Å². The van der Waals surface area contributed by atoms with Crippen molar-refractivity contribution < 1.29 is 14.3 Å². The zero-order valence-corrected chi connectivity index (χ0v) is 23.6. The van der Waals surface area contributed by atoms with Crippen LogP contribution in [0.5, 0.6) is 0 Å². The lowest BCUT2D eigenvalue weighted by molar-refractivity contribution is -0.125. The SMILES string of the molecule is Cc1cc(Nc2cc(NCCNC(=O)C(C)N(C)C(=O)OC(C)(C)C)nc(Nc3ccc(CC#N)cc3)n2)n[nH]1. The maximum absolute atomic E-state index is 12.6. The minimum Gasteiger partial charge on any atom is -0.444 e. The number of carbonyl (C=O) groups is 2. The molecule has 5 N–H and O–H groups in total. The maximum Gasteiger partial charge on any atom is 0.410 e. The van der Waals surface area contributed by atoms with Gasteiger partial charge in [0.1, 0.15) is 23.3 Å². The molecule has 1 atom stereocenters. The van der Waals surface area contributed by atoms with Crippen LogP contribution in [0.3, 0.4) is 0 Å². The second kappa shape index (κ2) is 13.3. The number of anilines is 5. The van der Waals surface area contributed by atoms with E-state index in [1.165, 1.54) is 11.9 Å². The summed E-state index contributed by atoms with van der Waals surface area (Å²) in [4.78, 5) is 35.2. The van der Waals surface area contributed by atoms with Crippen LogP contribution < -0.4 is 21.3 Å². The van der Waals surface area contributed by atoms with Crippen molar-refractivity contribution in [2.24, 2.45) is 0 Å². The quantitative estimate of drug-likeness (QED) is 0.222. The Hall–Kier alpha value is -4.86. The third kappa shape index (κ3) is 9.16. The summed E-state index contributed by atoms with van der Waals surface area (Å²) >= 11 is 0. The number of aromatic nitrogens is 4. The molecule has 2 aromatic heterocycles. The van der Waals surface area contributed by atoms with Crippen LogP contribution in [0.4, 0.5) is 33.9 Å². The van der Waals surface area contributed by atoms with Gasteiger partial charge in [-0.2, -0.15) is 20.3 Å². The number of H-pyrrole nitrogens is 1. The second-order valence-corrected chi connectivity index (χ2v) is 10.2. The molecular weight excluding hydrogens is 512 g/mol. The first kappa shape index (κ1) is 29.7. The average molecular weight is 549 g/mol. The molecule has 40 heavy (non-hydrogen) atoms. The summed E-state index contributed by atoms with van der Waals surface area (Å²) in [5.41, 5.74) is 1.92. The van der Waals surface area contributed by atoms with Gasteiger partial charge in [-0.15, -0.1) is 0 Å². The number of likely N-dealkylation sites (N-methyl/N-ethyl adjacent to an activating group) is 1. The van der Waals surface area contributed by atoms with Crippen molar-refractivity contribution in [2.75, 3.05) is 36.1 Å². The van der Waals surface area contributed by atoms with Gasteiger partial charge in [0.25, 0.3) is 0 Å². The van der Waals surface area contributed by atoms with E-state index in [1.54, 1.807) is 33.8 Å². The van der Waals surface area contributed by atoms with Crippen LogP contribution in [-0.4, -0.2) is 68.8 Å². The van der Waals surface area contributed by atoms with Gasteiger partial charge in [-0.05, 0) is 52.3 Å². The summed E-state index contributed by atoms with van der Waals surface area (Å²) in [6.07, 6.45) is -0.235. The van der Waals surface area contributed by atoms with Crippen LogP contribution in [0.2, 0.25) is 0 Å². The van der Waals surface area contributed by atoms with E-state index >= 15 is 0 Å². The lowest BCUT2D eigenvalue weighted by atomic mass is 10.1. The Kier molecular flexibility index (Phi) is 9.86. The number of hydrogen-bond acceptors (Lipinski definition) is 10. The second-order valence-electron chi connectivity index (χ2n) is 10.2. The van der Waals surface area contributed by atoms with Crippen LogP contribution in [-0.2, 0) is 16.0 Å². The van der Waals surface area contributed by atoms with Crippen molar-refractivity contribution in [3.63, 3.8) is 0 Å². The van der Waals surface area contributed by atoms with Gasteiger partial charge in [0.05, 0.1) is 12.5 Å². The normalized spacial score (nSPS) is 11.6. The molecule has 13 heteroatoms. The zero-order chi connectivity index (χ0) is 29.3. The maximum atomic E-state index is 12.6. The molecule has 3 rings (SSSR count). The molecule has 0 aliphatic rings. The Balaban J connectivity index is 1.63. The first-order valence-electron chi connectivity index (χ1n) is 12.8. The van der Waals surface area contributed by atoms with E-state index in [4.69, 9.17) is 10.00 Å². The smallest absolute Gasteiger partial charge is 0.410 e. The van der Waals surface area contributed by atoms with Crippen LogP contribution >= 0.6 is 0 Å². The van der Waals surface area contributed by atoms with Gasteiger partial charge in [0, 0.05) is 43.7 Å². The van der Waals surface area contributed by atoms with E-state index in [9.17, 15) is 9.59 Å². The van der Waals surface area contributed by atoms with Crippen molar-refractivity contribution in [3.8, 4) is 6.07 Å². The van der Waals surface area contributed by atoms with E-state index in [0.717, 1.165) is 16.9 Å². The van der Waals surface area contributed by atoms with Crippen molar-refractivity contribution in [2.45, 2.75) is 52.7 Å². The highest BCUT2D eigenvalue weighted by atomic mass is 16.6. The standard InChI is InChI=1S/C27H36N10O3/c1-17-15-23(36-35-17)32-22-16-21(33-25(34-22)31-20-9-7-19(8-10-20)11-12-28)29-13-14-30-24(38)18(2)37(6)26(39)40-27(3,4)5/h7-10,15-16,18H,11,13-14H2,1-6H3,(H,30,38)(H4,29,31,32,33,34,35,36). The number of benzene rings is 1. The van der Waals surface area contributed by atoms with E-state index in [-0.39, 0.29) is 5.91 Å². The summed E-state index contributed by atoms with van der Waals surface area (Å²) in [5, 5.41) is 28.3. The number of aryl methyl sites for hydroxylation is 1. The third-order valence-corrected chi connectivity index (χ3v) is 5.55. The highest BCUT2D eigenvalue weighted by Gasteiger charge is 2.26. The Morgan fingerprint density at radius 3 is 2.40 bits per heavy atom. The van der Waals surface area contributed by atoms with Crippen molar-refractivity contribution in [3.05, 3.63) is 47.7 Å². The van der Waals surface area contributed by atoms with Gasteiger partial charge < -0.3 is 26.0 Å². The highest BCUT2D eigenvalue weighted by Crippen LogP contribution is 2.21. The van der Waals surface area contributed by atoms with E-state index < -0.39 is 17.7 Å². The number of ether oxygens (including phenoxy) is 1. The van der Waals surface area contributed by atoms with Gasteiger partial charge >= 0.3 is 6.09 Å². The minimum absolute atomic E-state index is 0.291. The fraction of sp³-hybridized carbons (Fsp3) is 0.407. The number of nitrogens with one attached hydrogen (secondary N) is 5. The molecule has 212 valence electrons. The largest absolute Gasteiger partial charge is 0.444 e. The number of nitrogens with zero attached hydrogens (tertiary/aromatic N) is 5. The number of carbonyl (C=O) groups excluding carboxylic acids is 2. The van der Waals surface area contributed by atoms with Crippen LogP contribution in [0.1, 0.15) is 39.0 Å². The van der Waals surface area contributed by atoms with Gasteiger partial charge in [0.2, 0.25) is 11.9 Å². The third-order valence-electron chi connectivity index (χ3n) is 5.55. The summed E-state index contributed by atoms with van der Waals surface area (Å²) in [5.74, 6) is 1.65. The molecule has 0 saturated carbocycles. The number of hydrogen-bond donors (Lipinski definition) is 5. The lowest BCUT2D eigenvalue weighted by Crippen LogP contribution is -2.48. The molecule has 2 heterocycles. The Morgan fingerprint density at radius 2 is 1.77 bits per heavy atom. The summed E-state index contributed by atoms with van der Waals surface area (Å²) < 4.78 is 5.33. The molecular formula is C27H36N10O3. The van der Waals surface area contributed by atoms with Gasteiger partial charge in [0.15, 0.2) is 5.82 Å². The van der Waals surface area contributed by atoms with E-state index in [1.807, 2.05) is 37.3 Å². The Morgan fingerprint density at radius 1 is 1.07 bits per heavy atom. The number of amides is 2. The first-order valence-corrected chi connectivity index (χ1v) is 12.8. The molecule has 1 aromatic carbocycles. The summed E-state index contributed by atoms with van der Waals surface area (Å²) in [7, 11) is 1.53. The van der Waals surface area contributed by atoms with Crippen molar-refractivity contribution in [1.29, 1.82) is 5.26 Å². The predicted octanol–water partition coefficient (Wildman–Crippen LogP) is 3.84. The van der Waals surface area contributed by atoms with Crippen molar-refractivity contribution >= 4 is 41.1 Å². The van der Waals surface area contributed by atoms with Crippen LogP contribution in [0.15, 0.2) is 36.4 Å². The monoisotopic (exact) mass is 548 g/mol. The molecule has 0 aliphatic carbocycles. The summed E-state index contributed by atoms with van der Waals surface area (Å²) in [6, 6.07) is 12.4. The zero-order valence-electron chi connectivity index (χ0n) is 23.6. The number of aromatic amines is 1. The topological polar surface area (TPSA) is 173 Å². The lowest BCUT2D eigenvalue weighted by Gasteiger charge is -2.28. The summed E-state index contributed by atoms with van der Waals surface area (Å²) in [6.45, 7) is 9.51. The highest BCUT2D eigenvalue weighted by molar-refractivity contribution is 5.85. The first-order chi connectivity index (χ1) is 18.9.